The van der Waals surface area contributed by atoms with Gasteiger partial charge < -0.3 is 9.84 Å². The van der Waals surface area contributed by atoms with Crippen LogP contribution in [0.3, 0.4) is 0 Å². The molecule has 0 fully saturated rings. The van der Waals surface area contributed by atoms with E-state index in [-0.39, 0.29) is 6.10 Å². The minimum Gasteiger partial charge on any atom is -0.450 e. The van der Waals surface area contributed by atoms with Gasteiger partial charge in [-0.3, -0.25) is 0 Å². The summed E-state index contributed by atoms with van der Waals surface area (Å²) >= 11 is 0. The first-order chi connectivity index (χ1) is 12.7. The molecule has 0 aromatic rings. The van der Waals surface area contributed by atoms with E-state index in [4.69, 9.17) is 9.84 Å². The molecule has 0 amide bonds. The molecule has 0 bridgehead atoms. The maximum atomic E-state index is 10.7. The third-order valence-corrected chi connectivity index (χ3v) is 5.28. The first-order valence-electron chi connectivity index (χ1n) is 11.6. The van der Waals surface area contributed by atoms with E-state index in [9.17, 15) is 4.79 Å². The number of carbonyl (C=O) groups is 1. The second kappa shape index (κ2) is 20.6. The molecule has 156 valence electrons. The molecule has 0 heterocycles. The third-order valence-electron chi connectivity index (χ3n) is 5.28. The summed E-state index contributed by atoms with van der Waals surface area (Å²) in [5.74, 6) is 0. The molecule has 26 heavy (non-hydrogen) atoms. The van der Waals surface area contributed by atoms with Crippen LogP contribution in [0.15, 0.2) is 0 Å². The normalized spacial score (nSPS) is 12.2. The van der Waals surface area contributed by atoms with Gasteiger partial charge in [0.05, 0.1) is 0 Å². The van der Waals surface area contributed by atoms with Crippen LogP contribution in [0.4, 0.5) is 4.79 Å². The Bertz CT molecular complexity index is 291. The molecule has 3 nitrogen and oxygen atoms in total. The summed E-state index contributed by atoms with van der Waals surface area (Å²) in [6.45, 7) is 4.41. The fourth-order valence-electron chi connectivity index (χ4n) is 3.58. The molecule has 0 spiro atoms. The van der Waals surface area contributed by atoms with Gasteiger partial charge in [-0.2, -0.15) is 0 Å². The quantitative estimate of drug-likeness (QED) is 0.172. The monoisotopic (exact) mass is 370 g/mol. The van der Waals surface area contributed by atoms with Gasteiger partial charge >= 0.3 is 6.16 Å². The largest absolute Gasteiger partial charge is 0.506 e. The highest BCUT2D eigenvalue weighted by Gasteiger charge is 2.12. The molecule has 0 aliphatic heterocycles. The summed E-state index contributed by atoms with van der Waals surface area (Å²) in [6.07, 6.45) is 23.1. The first-order valence-corrected chi connectivity index (χ1v) is 11.6. The van der Waals surface area contributed by atoms with Gasteiger partial charge in [0.15, 0.2) is 0 Å². The van der Waals surface area contributed by atoms with Crippen molar-refractivity contribution in [3.05, 3.63) is 0 Å². The number of hydrogen-bond acceptors (Lipinski definition) is 2. The van der Waals surface area contributed by atoms with Crippen LogP contribution in [0.1, 0.15) is 136 Å². The van der Waals surface area contributed by atoms with Gasteiger partial charge in [0.2, 0.25) is 0 Å². The Morgan fingerprint density at radius 2 is 0.962 bits per heavy atom. The molecule has 1 unspecified atom stereocenters. The molecule has 0 aliphatic rings. The Hall–Kier alpha value is -0.730. The van der Waals surface area contributed by atoms with Crippen molar-refractivity contribution in [2.45, 2.75) is 142 Å². The summed E-state index contributed by atoms with van der Waals surface area (Å²) in [4.78, 5) is 10.7. The van der Waals surface area contributed by atoms with E-state index in [2.05, 4.69) is 13.8 Å². The lowest BCUT2D eigenvalue weighted by molar-refractivity contribution is 0.0424. The Morgan fingerprint density at radius 3 is 1.35 bits per heavy atom. The lowest BCUT2D eigenvalue weighted by Gasteiger charge is -2.15. The van der Waals surface area contributed by atoms with Gasteiger partial charge in [0, 0.05) is 0 Å². The van der Waals surface area contributed by atoms with Crippen molar-refractivity contribution in [3.63, 3.8) is 0 Å². The molecule has 0 saturated carbocycles. The van der Waals surface area contributed by atoms with Crippen LogP contribution >= 0.6 is 0 Å². The summed E-state index contributed by atoms with van der Waals surface area (Å²) < 4.78 is 4.99. The number of ether oxygens (including phenoxy) is 1. The minimum absolute atomic E-state index is 0.0885. The van der Waals surface area contributed by atoms with Gasteiger partial charge in [-0.1, -0.05) is 117 Å². The van der Waals surface area contributed by atoms with Crippen LogP contribution in [0.2, 0.25) is 0 Å². The minimum atomic E-state index is -1.12. The third kappa shape index (κ3) is 19.6. The second-order valence-electron chi connectivity index (χ2n) is 7.89. The summed E-state index contributed by atoms with van der Waals surface area (Å²) in [5, 5.41) is 8.79. The van der Waals surface area contributed by atoms with Crippen molar-refractivity contribution in [1.82, 2.24) is 0 Å². The Kier molecular flexibility index (Phi) is 20.0. The lowest BCUT2D eigenvalue weighted by atomic mass is 10.0. The van der Waals surface area contributed by atoms with Crippen molar-refractivity contribution < 1.29 is 14.6 Å². The Morgan fingerprint density at radius 1 is 0.615 bits per heavy atom. The summed E-state index contributed by atoms with van der Waals surface area (Å²) in [7, 11) is 0. The number of hydrogen-bond donors (Lipinski definition) is 1. The smallest absolute Gasteiger partial charge is 0.450 e. The molecule has 0 aliphatic carbocycles. The molecule has 1 atom stereocenters. The topological polar surface area (TPSA) is 46.5 Å². The van der Waals surface area contributed by atoms with E-state index in [0.29, 0.717) is 0 Å². The van der Waals surface area contributed by atoms with E-state index in [1.54, 1.807) is 0 Å². The van der Waals surface area contributed by atoms with Crippen LogP contribution in [0, 0.1) is 0 Å². The zero-order valence-corrected chi connectivity index (χ0v) is 17.8. The molecular weight excluding hydrogens is 324 g/mol. The molecule has 1 N–H and O–H groups in total. The highest BCUT2D eigenvalue weighted by atomic mass is 16.7. The van der Waals surface area contributed by atoms with Gasteiger partial charge in [-0.25, -0.2) is 4.79 Å². The molecule has 0 aromatic heterocycles. The van der Waals surface area contributed by atoms with Gasteiger partial charge in [-0.05, 0) is 19.3 Å². The van der Waals surface area contributed by atoms with E-state index >= 15 is 0 Å². The van der Waals surface area contributed by atoms with Crippen LogP contribution in [0.5, 0.6) is 0 Å². The highest BCUT2D eigenvalue weighted by molar-refractivity contribution is 5.57. The van der Waals surface area contributed by atoms with Gasteiger partial charge in [0.1, 0.15) is 6.10 Å². The SMILES string of the molecule is CCCCCCCCCCCCCCCCCC(CCCC)OC(=O)O. The van der Waals surface area contributed by atoms with Crippen molar-refractivity contribution in [2.24, 2.45) is 0 Å². The average molecular weight is 371 g/mol. The number of rotatable bonds is 20. The maximum Gasteiger partial charge on any atom is 0.506 e. The Balaban J connectivity index is 3.30. The number of unbranched alkanes of at least 4 members (excludes halogenated alkanes) is 15. The summed E-state index contributed by atoms with van der Waals surface area (Å²) in [5.41, 5.74) is 0. The van der Waals surface area contributed by atoms with Crippen molar-refractivity contribution in [1.29, 1.82) is 0 Å². The van der Waals surface area contributed by atoms with E-state index < -0.39 is 6.16 Å². The average Bonchev–Trinajstić information content (AvgIpc) is 2.62. The number of carboxylic acid groups (broad SMARTS) is 1. The molecule has 0 radical (unpaired) electrons. The fraction of sp³-hybridized carbons (Fsp3) is 0.957. The molecule has 0 saturated heterocycles. The fourth-order valence-corrected chi connectivity index (χ4v) is 3.58. The van der Waals surface area contributed by atoms with E-state index in [1.165, 1.54) is 89.9 Å². The van der Waals surface area contributed by atoms with Gasteiger partial charge in [-0.15, -0.1) is 0 Å². The predicted molar refractivity (Wildman–Crippen MR) is 112 cm³/mol. The van der Waals surface area contributed by atoms with Crippen LogP contribution in [-0.2, 0) is 4.74 Å². The highest BCUT2D eigenvalue weighted by Crippen LogP contribution is 2.16. The maximum absolute atomic E-state index is 10.7. The molecule has 0 rings (SSSR count). The molecule has 0 aromatic carbocycles. The standard InChI is InChI=1S/C23H46O3/c1-3-5-7-8-9-10-11-12-13-14-15-16-17-18-19-21-22(20-6-4-2)26-23(24)25/h22H,3-21H2,1-2H3,(H,24,25). The van der Waals surface area contributed by atoms with Crippen molar-refractivity contribution >= 4 is 6.16 Å². The van der Waals surface area contributed by atoms with Crippen molar-refractivity contribution in [3.8, 4) is 0 Å². The summed E-state index contributed by atoms with van der Waals surface area (Å²) in [6, 6.07) is 0. The molecular formula is C23H46O3. The zero-order chi connectivity index (χ0) is 19.3. The van der Waals surface area contributed by atoms with Crippen molar-refractivity contribution in [2.75, 3.05) is 0 Å². The molecule has 3 heteroatoms. The van der Waals surface area contributed by atoms with E-state index in [1.807, 2.05) is 0 Å². The van der Waals surface area contributed by atoms with Crippen LogP contribution in [-0.4, -0.2) is 17.4 Å². The van der Waals surface area contributed by atoms with Crippen LogP contribution in [0.25, 0.3) is 0 Å². The zero-order valence-electron chi connectivity index (χ0n) is 17.8. The van der Waals surface area contributed by atoms with Crippen LogP contribution < -0.4 is 0 Å². The first kappa shape index (κ1) is 25.3. The predicted octanol–water partition coefficient (Wildman–Crippen LogP) is 8.50. The second-order valence-corrected chi connectivity index (χ2v) is 7.89. The lowest BCUT2D eigenvalue weighted by Crippen LogP contribution is -2.16. The Labute approximate surface area is 163 Å². The van der Waals surface area contributed by atoms with E-state index in [0.717, 1.165) is 32.1 Å². The van der Waals surface area contributed by atoms with Gasteiger partial charge in [0.25, 0.3) is 0 Å².